The lowest BCUT2D eigenvalue weighted by Crippen LogP contribution is -2.29. The molecule has 0 bridgehead atoms. The Morgan fingerprint density at radius 2 is 1.79 bits per heavy atom. The molecule has 148 valence electrons. The summed E-state index contributed by atoms with van der Waals surface area (Å²) in [6.45, 7) is 4.10. The van der Waals surface area contributed by atoms with Crippen LogP contribution in [0.5, 0.6) is 5.75 Å². The number of hydrogen-bond acceptors (Lipinski definition) is 5. The Hall–Kier alpha value is -3.02. The molecule has 0 spiro atoms. The van der Waals surface area contributed by atoms with Crippen molar-refractivity contribution in [3.63, 3.8) is 0 Å². The zero-order valence-electron chi connectivity index (χ0n) is 16.1. The van der Waals surface area contributed by atoms with Crippen LogP contribution in [0, 0.1) is 0 Å². The maximum absolute atomic E-state index is 12.2. The molecule has 0 unspecified atom stereocenters. The number of nitrogens with one attached hydrogen (secondary N) is 1. The van der Waals surface area contributed by atoms with E-state index in [-0.39, 0.29) is 12.5 Å². The number of nitrogens with zero attached hydrogens (tertiary/aromatic N) is 1. The molecule has 0 saturated carbocycles. The summed E-state index contributed by atoms with van der Waals surface area (Å²) in [4.78, 5) is 26.3. The number of rotatable bonds is 7. The van der Waals surface area contributed by atoms with Gasteiger partial charge in [-0.3, -0.25) is 4.79 Å². The van der Waals surface area contributed by atoms with Crippen LogP contribution in [0.1, 0.15) is 36.5 Å². The van der Waals surface area contributed by atoms with Gasteiger partial charge in [0.25, 0.3) is 5.91 Å². The molecule has 1 aliphatic rings. The summed E-state index contributed by atoms with van der Waals surface area (Å²) < 4.78 is 10.5. The van der Waals surface area contributed by atoms with E-state index in [1.807, 2.05) is 24.3 Å². The van der Waals surface area contributed by atoms with Crippen LogP contribution in [-0.2, 0) is 9.53 Å². The minimum absolute atomic E-state index is 0.139. The normalized spacial score (nSPS) is 13.7. The molecular formula is C22H26N2O4. The third-order valence-electron chi connectivity index (χ3n) is 4.59. The molecule has 0 radical (unpaired) electrons. The number of ether oxygens (including phenoxy) is 2. The molecular weight excluding hydrogens is 356 g/mol. The lowest BCUT2D eigenvalue weighted by atomic mass is 10.1. The summed E-state index contributed by atoms with van der Waals surface area (Å²) in [6, 6.07) is 14.5. The largest absolute Gasteiger partial charge is 0.484 e. The van der Waals surface area contributed by atoms with Crippen molar-refractivity contribution in [3.8, 4) is 5.75 Å². The Labute approximate surface area is 165 Å². The second-order valence-electron chi connectivity index (χ2n) is 6.68. The predicted molar refractivity (Wildman–Crippen MR) is 109 cm³/mol. The van der Waals surface area contributed by atoms with E-state index in [2.05, 4.69) is 10.2 Å². The van der Waals surface area contributed by atoms with Gasteiger partial charge in [-0.25, -0.2) is 4.79 Å². The fraction of sp³-hybridized carbons (Fsp3) is 0.364. The first-order valence-electron chi connectivity index (χ1n) is 9.70. The minimum Gasteiger partial charge on any atom is -0.484 e. The zero-order valence-corrected chi connectivity index (χ0v) is 16.1. The van der Waals surface area contributed by atoms with Gasteiger partial charge in [-0.15, -0.1) is 0 Å². The van der Waals surface area contributed by atoms with E-state index in [1.165, 1.54) is 24.9 Å². The molecule has 1 aliphatic heterocycles. The average molecular weight is 382 g/mol. The van der Waals surface area contributed by atoms with E-state index in [9.17, 15) is 9.59 Å². The Balaban J connectivity index is 1.50. The van der Waals surface area contributed by atoms with Crippen LogP contribution in [0.3, 0.4) is 0 Å². The Bertz CT molecular complexity index is 798. The van der Waals surface area contributed by atoms with Crippen LogP contribution < -0.4 is 15.0 Å². The number of hydrogen-bond donors (Lipinski definition) is 1. The first-order chi connectivity index (χ1) is 13.7. The van der Waals surface area contributed by atoms with Gasteiger partial charge in [0.2, 0.25) is 0 Å². The highest BCUT2D eigenvalue weighted by Crippen LogP contribution is 2.22. The predicted octanol–water partition coefficient (Wildman–Crippen LogP) is 3.87. The van der Waals surface area contributed by atoms with Crippen LogP contribution in [0.2, 0.25) is 0 Å². The van der Waals surface area contributed by atoms with Crippen molar-refractivity contribution >= 4 is 23.3 Å². The molecule has 28 heavy (non-hydrogen) atoms. The molecule has 3 rings (SSSR count). The standard InChI is InChI=1S/C22H26N2O4/c1-2-27-22(26)17-7-6-8-20(15-17)28-16-21(25)23-18-9-11-19(12-10-18)24-13-4-3-5-14-24/h6-12,15H,2-5,13-14,16H2,1H3,(H,23,25). The number of anilines is 2. The highest BCUT2D eigenvalue weighted by molar-refractivity contribution is 5.92. The Kier molecular flexibility index (Phi) is 6.89. The molecule has 1 saturated heterocycles. The number of esters is 1. The Morgan fingerprint density at radius 1 is 1.04 bits per heavy atom. The molecule has 1 N–H and O–H groups in total. The van der Waals surface area contributed by atoms with Gasteiger partial charge in [0, 0.05) is 24.5 Å². The molecule has 1 heterocycles. The first-order valence-corrected chi connectivity index (χ1v) is 9.70. The summed E-state index contributed by atoms with van der Waals surface area (Å²) in [6.07, 6.45) is 3.76. The Morgan fingerprint density at radius 3 is 2.50 bits per heavy atom. The third-order valence-corrected chi connectivity index (χ3v) is 4.59. The van der Waals surface area contributed by atoms with Crippen LogP contribution in [0.25, 0.3) is 0 Å². The fourth-order valence-corrected chi connectivity index (χ4v) is 3.18. The van der Waals surface area contributed by atoms with Gasteiger partial charge in [-0.1, -0.05) is 6.07 Å². The maximum atomic E-state index is 12.2. The number of piperidine rings is 1. The average Bonchev–Trinajstić information content (AvgIpc) is 2.74. The van der Waals surface area contributed by atoms with Crippen LogP contribution in [0.15, 0.2) is 48.5 Å². The quantitative estimate of drug-likeness (QED) is 0.736. The fourth-order valence-electron chi connectivity index (χ4n) is 3.18. The van der Waals surface area contributed by atoms with E-state index < -0.39 is 5.97 Å². The van der Waals surface area contributed by atoms with Gasteiger partial charge < -0.3 is 19.7 Å². The van der Waals surface area contributed by atoms with Crippen molar-refractivity contribution in [3.05, 3.63) is 54.1 Å². The second-order valence-corrected chi connectivity index (χ2v) is 6.68. The number of benzene rings is 2. The summed E-state index contributed by atoms with van der Waals surface area (Å²) in [7, 11) is 0. The van der Waals surface area contributed by atoms with Gasteiger partial charge in [0.15, 0.2) is 6.61 Å². The lowest BCUT2D eigenvalue weighted by Gasteiger charge is -2.28. The van der Waals surface area contributed by atoms with Crippen molar-refractivity contribution in [1.29, 1.82) is 0 Å². The van der Waals surface area contributed by atoms with E-state index in [0.717, 1.165) is 18.8 Å². The van der Waals surface area contributed by atoms with Crippen molar-refractivity contribution in [2.75, 3.05) is 36.5 Å². The number of carbonyl (C=O) groups is 2. The number of amides is 1. The monoisotopic (exact) mass is 382 g/mol. The molecule has 1 amide bonds. The van der Waals surface area contributed by atoms with E-state index in [0.29, 0.717) is 17.9 Å². The topological polar surface area (TPSA) is 67.9 Å². The molecule has 0 aromatic heterocycles. The second kappa shape index (κ2) is 9.78. The SMILES string of the molecule is CCOC(=O)c1cccc(OCC(=O)Nc2ccc(N3CCCCC3)cc2)c1. The number of carbonyl (C=O) groups excluding carboxylic acids is 2. The highest BCUT2D eigenvalue weighted by Gasteiger charge is 2.12. The zero-order chi connectivity index (χ0) is 19.8. The molecule has 6 nitrogen and oxygen atoms in total. The van der Waals surface area contributed by atoms with E-state index in [1.54, 1.807) is 31.2 Å². The summed E-state index contributed by atoms with van der Waals surface area (Å²) in [5, 5.41) is 2.83. The van der Waals surface area contributed by atoms with Gasteiger partial charge in [-0.05, 0) is 68.7 Å². The molecule has 6 heteroatoms. The third kappa shape index (κ3) is 5.49. The van der Waals surface area contributed by atoms with Crippen molar-refractivity contribution in [2.24, 2.45) is 0 Å². The summed E-state index contributed by atoms with van der Waals surface area (Å²) >= 11 is 0. The molecule has 0 aliphatic carbocycles. The summed E-state index contributed by atoms with van der Waals surface area (Å²) in [5.41, 5.74) is 2.31. The first kappa shape index (κ1) is 19.7. The minimum atomic E-state index is -0.411. The maximum Gasteiger partial charge on any atom is 0.338 e. The van der Waals surface area contributed by atoms with Gasteiger partial charge in [0.1, 0.15) is 5.75 Å². The van der Waals surface area contributed by atoms with Crippen molar-refractivity contribution in [2.45, 2.75) is 26.2 Å². The molecule has 1 fully saturated rings. The molecule has 2 aromatic rings. The van der Waals surface area contributed by atoms with Gasteiger partial charge in [0.05, 0.1) is 12.2 Å². The highest BCUT2D eigenvalue weighted by atomic mass is 16.5. The lowest BCUT2D eigenvalue weighted by molar-refractivity contribution is -0.118. The van der Waals surface area contributed by atoms with Gasteiger partial charge >= 0.3 is 5.97 Å². The molecule has 0 atom stereocenters. The van der Waals surface area contributed by atoms with Crippen molar-refractivity contribution in [1.82, 2.24) is 0 Å². The molecule has 2 aromatic carbocycles. The van der Waals surface area contributed by atoms with Crippen LogP contribution in [-0.4, -0.2) is 38.2 Å². The smallest absolute Gasteiger partial charge is 0.338 e. The van der Waals surface area contributed by atoms with Crippen LogP contribution >= 0.6 is 0 Å². The van der Waals surface area contributed by atoms with E-state index >= 15 is 0 Å². The van der Waals surface area contributed by atoms with Crippen molar-refractivity contribution < 1.29 is 19.1 Å². The van der Waals surface area contributed by atoms with E-state index in [4.69, 9.17) is 9.47 Å². The van der Waals surface area contributed by atoms with Crippen LogP contribution in [0.4, 0.5) is 11.4 Å². The summed E-state index contributed by atoms with van der Waals surface area (Å²) in [5.74, 6) is -0.223. The van der Waals surface area contributed by atoms with Gasteiger partial charge in [-0.2, -0.15) is 0 Å².